The van der Waals surface area contributed by atoms with E-state index in [1.807, 2.05) is 6.07 Å². The average molecular weight is 271 g/mol. The van der Waals surface area contributed by atoms with E-state index in [9.17, 15) is 8.78 Å². The molecular weight excluding hydrogens is 256 g/mol. The topological polar surface area (TPSA) is 62.3 Å². The number of halogens is 2. The van der Waals surface area contributed by atoms with Gasteiger partial charge in [-0.25, -0.2) is 13.8 Å². The van der Waals surface area contributed by atoms with Crippen LogP contribution in [-0.2, 0) is 11.3 Å². The van der Waals surface area contributed by atoms with Crippen molar-refractivity contribution in [3.05, 3.63) is 18.2 Å². The molecule has 0 bridgehead atoms. The van der Waals surface area contributed by atoms with E-state index in [1.54, 1.807) is 23.8 Å². The van der Waals surface area contributed by atoms with Gasteiger partial charge in [0.05, 0.1) is 24.8 Å². The van der Waals surface area contributed by atoms with Crippen molar-refractivity contribution < 1.29 is 18.3 Å². The first-order chi connectivity index (χ1) is 9.11. The fourth-order valence-electron chi connectivity index (χ4n) is 1.82. The Kier molecular flexibility index (Phi) is 4.16. The molecule has 2 rings (SSSR count). The van der Waals surface area contributed by atoms with Crippen molar-refractivity contribution in [2.24, 2.45) is 0 Å². The maximum absolute atomic E-state index is 11.9. The second kappa shape index (κ2) is 5.83. The van der Waals surface area contributed by atoms with Crippen LogP contribution in [0.25, 0.3) is 11.0 Å². The Balaban J connectivity index is 2.12. The molecule has 0 fully saturated rings. The Morgan fingerprint density at radius 2 is 2.21 bits per heavy atom. The molecule has 104 valence electrons. The lowest BCUT2D eigenvalue weighted by Gasteiger charge is -2.07. The van der Waals surface area contributed by atoms with E-state index in [-0.39, 0.29) is 6.61 Å². The Hall–Kier alpha value is -1.89. The highest BCUT2D eigenvalue weighted by Crippen LogP contribution is 2.22. The SMILES string of the molecule is COc1ccc2c(c1)nc(N)n2CCOCC(F)F. The Morgan fingerprint density at radius 1 is 1.42 bits per heavy atom. The monoisotopic (exact) mass is 271 g/mol. The number of imidazole rings is 1. The molecule has 0 spiro atoms. The van der Waals surface area contributed by atoms with Crippen molar-refractivity contribution in [2.75, 3.05) is 26.1 Å². The summed E-state index contributed by atoms with van der Waals surface area (Å²) < 4.78 is 35.5. The number of hydrogen-bond acceptors (Lipinski definition) is 4. The number of anilines is 1. The fourth-order valence-corrected chi connectivity index (χ4v) is 1.82. The van der Waals surface area contributed by atoms with Gasteiger partial charge in [0.25, 0.3) is 6.43 Å². The standard InChI is InChI=1S/C12H15F2N3O2/c1-18-8-2-3-10-9(6-8)16-12(15)17(10)4-5-19-7-11(13)14/h2-3,6,11H,4-5,7H2,1H3,(H2,15,16). The summed E-state index contributed by atoms with van der Waals surface area (Å²) in [4.78, 5) is 4.19. The number of alkyl halides is 2. The summed E-state index contributed by atoms with van der Waals surface area (Å²) in [7, 11) is 1.57. The van der Waals surface area contributed by atoms with Gasteiger partial charge >= 0.3 is 0 Å². The van der Waals surface area contributed by atoms with Gasteiger partial charge < -0.3 is 19.8 Å². The number of aromatic nitrogens is 2. The highest BCUT2D eigenvalue weighted by molar-refractivity contribution is 5.79. The molecule has 0 atom stereocenters. The highest BCUT2D eigenvalue weighted by Gasteiger charge is 2.09. The normalized spacial score (nSPS) is 11.4. The van der Waals surface area contributed by atoms with Crippen LogP contribution in [0.4, 0.5) is 14.7 Å². The lowest BCUT2D eigenvalue weighted by atomic mass is 10.3. The number of methoxy groups -OCH3 is 1. The molecule has 2 N–H and O–H groups in total. The summed E-state index contributed by atoms with van der Waals surface area (Å²) in [6.07, 6.45) is -2.46. The van der Waals surface area contributed by atoms with E-state index in [0.29, 0.717) is 23.8 Å². The van der Waals surface area contributed by atoms with Crippen molar-refractivity contribution >= 4 is 17.0 Å². The van der Waals surface area contributed by atoms with Crippen LogP contribution in [0.5, 0.6) is 5.75 Å². The van der Waals surface area contributed by atoms with E-state index in [2.05, 4.69) is 4.98 Å². The van der Waals surface area contributed by atoms with Gasteiger partial charge in [-0.05, 0) is 12.1 Å². The Bertz CT molecular complexity index is 557. The second-order valence-corrected chi connectivity index (χ2v) is 3.94. The third-order valence-electron chi connectivity index (χ3n) is 2.69. The Labute approximate surface area is 108 Å². The van der Waals surface area contributed by atoms with Crippen LogP contribution in [0.15, 0.2) is 18.2 Å². The molecule has 1 heterocycles. The number of hydrogen-bond donors (Lipinski definition) is 1. The molecule has 0 radical (unpaired) electrons. The van der Waals surface area contributed by atoms with E-state index in [1.165, 1.54) is 0 Å². The van der Waals surface area contributed by atoms with Crippen LogP contribution in [0.2, 0.25) is 0 Å². The minimum absolute atomic E-state index is 0.159. The molecule has 0 saturated heterocycles. The lowest BCUT2D eigenvalue weighted by Crippen LogP contribution is -2.12. The van der Waals surface area contributed by atoms with Crippen LogP contribution in [0.3, 0.4) is 0 Å². The molecule has 1 aromatic carbocycles. The van der Waals surface area contributed by atoms with E-state index < -0.39 is 13.0 Å². The number of nitrogen functional groups attached to an aromatic ring is 1. The first-order valence-electron chi connectivity index (χ1n) is 5.77. The number of nitrogens with two attached hydrogens (primary N) is 1. The number of fused-ring (bicyclic) bond motifs is 1. The van der Waals surface area contributed by atoms with Gasteiger partial charge in [-0.2, -0.15) is 0 Å². The first-order valence-corrected chi connectivity index (χ1v) is 5.77. The minimum atomic E-state index is -2.46. The molecular formula is C12H15F2N3O2. The number of nitrogens with zero attached hydrogens (tertiary/aromatic N) is 2. The maximum atomic E-state index is 11.9. The third-order valence-corrected chi connectivity index (χ3v) is 2.69. The molecule has 7 heteroatoms. The molecule has 19 heavy (non-hydrogen) atoms. The molecule has 0 saturated carbocycles. The van der Waals surface area contributed by atoms with Crippen LogP contribution < -0.4 is 10.5 Å². The molecule has 0 aliphatic rings. The molecule has 0 aliphatic carbocycles. The van der Waals surface area contributed by atoms with Crippen LogP contribution in [-0.4, -0.2) is 36.3 Å². The predicted molar refractivity (Wildman–Crippen MR) is 67.5 cm³/mol. The summed E-state index contributed by atoms with van der Waals surface area (Å²) in [6, 6.07) is 5.38. The summed E-state index contributed by atoms with van der Waals surface area (Å²) in [6.45, 7) is -0.0340. The maximum Gasteiger partial charge on any atom is 0.261 e. The summed E-state index contributed by atoms with van der Waals surface area (Å²) in [5.74, 6) is 1.01. The lowest BCUT2D eigenvalue weighted by molar-refractivity contribution is 0.0151. The molecule has 5 nitrogen and oxygen atoms in total. The van der Waals surface area contributed by atoms with Crippen LogP contribution in [0, 0.1) is 0 Å². The zero-order chi connectivity index (χ0) is 13.8. The minimum Gasteiger partial charge on any atom is -0.497 e. The summed E-state index contributed by atoms with van der Waals surface area (Å²) >= 11 is 0. The highest BCUT2D eigenvalue weighted by atomic mass is 19.3. The van der Waals surface area contributed by atoms with E-state index in [4.69, 9.17) is 15.2 Å². The molecule has 2 aromatic rings. The third kappa shape index (κ3) is 3.11. The summed E-state index contributed by atoms with van der Waals surface area (Å²) in [5, 5.41) is 0. The molecule has 0 unspecified atom stereocenters. The molecule has 0 amide bonds. The molecule has 1 aromatic heterocycles. The smallest absolute Gasteiger partial charge is 0.261 e. The van der Waals surface area contributed by atoms with Gasteiger partial charge in [0.1, 0.15) is 12.4 Å². The van der Waals surface area contributed by atoms with Gasteiger partial charge in [0, 0.05) is 12.6 Å². The number of benzene rings is 1. The van der Waals surface area contributed by atoms with Crippen LogP contribution >= 0.6 is 0 Å². The zero-order valence-corrected chi connectivity index (χ0v) is 10.5. The predicted octanol–water partition coefficient (Wildman–Crippen LogP) is 1.91. The molecule has 0 aliphatic heterocycles. The number of ether oxygens (including phenoxy) is 2. The quantitative estimate of drug-likeness (QED) is 0.815. The van der Waals surface area contributed by atoms with Crippen molar-refractivity contribution in [2.45, 2.75) is 13.0 Å². The fraction of sp³-hybridized carbons (Fsp3) is 0.417. The van der Waals surface area contributed by atoms with Gasteiger partial charge in [0.15, 0.2) is 0 Å². The first kappa shape index (κ1) is 13.5. The van der Waals surface area contributed by atoms with E-state index in [0.717, 1.165) is 5.52 Å². The van der Waals surface area contributed by atoms with Crippen molar-refractivity contribution in [3.8, 4) is 5.75 Å². The summed E-state index contributed by atoms with van der Waals surface area (Å²) in [5.41, 5.74) is 7.31. The van der Waals surface area contributed by atoms with Gasteiger partial charge in [-0.1, -0.05) is 0 Å². The van der Waals surface area contributed by atoms with Gasteiger partial charge in [0.2, 0.25) is 5.95 Å². The second-order valence-electron chi connectivity index (χ2n) is 3.94. The van der Waals surface area contributed by atoms with E-state index >= 15 is 0 Å². The van der Waals surface area contributed by atoms with Crippen LogP contribution in [0.1, 0.15) is 0 Å². The number of rotatable bonds is 6. The van der Waals surface area contributed by atoms with Crippen molar-refractivity contribution in [1.82, 2.24) is 9.55 Å². The van der Waals surface area contributed by atoms with Crippen molar-refractivity contribution in [3.63, 3.8) is 0 Å². The van der Waals surface area contributed by atoms with Gasteiger partial charge in [-0.3, -0.25) is 0 Å². The van der Waals surface area contributed by atoms with Crippen molar-refractivity contribution in [1.29, 1.82) is 0 Å². The zero-order valence-electron chi connectivity index (χ0n) is 10.5. The largest absolute Gasteiger partial charge is 0.497 e. The van der Waals surface area contributed by atoms with Gasteiger partial charge in [-0.15, -0.1) is 0 Å². The Morgan fingerprint density at radius 3 is 2.89 bits per heavy atom. The average Bonchev–Trinajstić information content (AvgIpc) is 2.69.